The van der Waals surface area contributed by atoms with Crippen LogP contribution in [0.4, 0.5) is 0 Å². The number of halogens is 2. The van der Waals surface area contributed by atoms with E-state index in [1.54, 1.807) is 0 Å². The topological polar surface area (TPSA) is 49.3 Å². The molecule has 0 heterocycles. The Morgan fingerprint density at radius 1 is 1.05 bits per heavy atom. The molecule has 1 amide bonds. The summed E-state index contributed by atoms with van der Waals surface area (Å²) >= 11 is 11.6. The van der Waals surface area contributed by atoms with Crippen LogP contribution < -0.4 is 5.32 Å². The van der Waals surface area contributed by atoms with Crippen molar-refractivity contribution in [2.45, 2.75) is 58.3 Å². The molecule has 0 aliphatic carbocycles. The molecule has 0 spiro atoms. The zero-order valence-electron chi connectivity index (χ0n) is 13.1. The van der Waals surface area contributed by atoms with E-state index in [1.807, 2.05) is 0 Å². The lowest BCUT2D eigenvalue weighted by Crippen LogP contribution is -2.24. The molecular formula is C17H25Cl2NO2. The van der Waals surface area contributed by atoms with E-state index < -0.39 is 0 Å². The molecule has 1 aromatic rings. The summed E-state index contributed by atoms with van der Waals surface area (Å²) in [6.45, 7) is 2.81. The molecule has 124 valence electrons. The molecule has 22 heavy (non-hydrogen) atoms. The van der Waals surface area contributed by atoms with Crippen molar-refractivity contribution >= 4 is 29.1 Å². The molecule has 0 aromatic heterocycles. The second-order valence-electron chi connectivity index (χ2n) is 5.51. The number of nitrogens with one attached hydrogen (secondary N) is 1. The number of carbonyl (C=O) groups excluding carboxylic acids is 1. The second-order valence-corrected chi connectivity index (χ2v) is 6.36. The summed E-state index contributed by atoms with van der Waals surface area (Å²) in [4.78, 5) is 12.0. The molecule has 0 atom stereocenters. The van der Waals surface area contributed by atoms with Crippen LogP contribution in [0.25, 0.3) is 0 Å². The Hall–Kier alpha value is -0.930. The van der Waals surface area contributed by atoms with E-state index in [2.05, 4.69) is 12.2 Å². The van der Waals surface area contributed by atoms with Crippen LogP contribution in [-0.4, -0.2) is 17.6 Å². The number of hydrogen-bond acceptors (Lipinski definition) is 2. The molecule has 0 aliphatic rings. The maximum atomic E-state index is 12.0. The summed E-state index contributed by atoms with van der Waals surface area (Å²) in [6, 6.07) is 2.83. The Labute approximate surface area is 143 Å². The van der Waals surface area contributed by atoms with Gasteiger partial charge < -0.3 is 10.4 Å². The van der Waals surface area contributed by atoms with Gasteiger partial charge in [-0.2, -0.15) is 0 Å². The smallest absolute Gasteiger partial charge is 0.255 e. The fourth-order valence-electron chi connectivity index (χ4n) is 2.30. The van der Waals surface area contributed by atoms with Crippen molar-refractivity contribution in [1.82, 2.24) is 5.32 Å². The highest BCUT2D eigenvalue weighted by Gasteiger charge is 2.14. The molecule has 0 saturated carbocycles. The third-order valence-electron chi connectivity index (χ3n) is 3.59. The quantitative estimate of drug-likeness (QED) is 0.544. The van der Waals surface area contributed by atoms with Crippen LogP contribution in [0.2, 0.25) is 10.0 Å². The molecular weight excluding hydrogens is 321 g/mol. The normalized spacial score (nSPS) is 10.7. The van der Waals surface area contributed by atoms with Crippen molar-refractivity contribution in [3.63, 3.8) is 0 Å². The average Bonchev–Trinajstić information content (AvgIpc) is 2.49. The van der Waals surface area contributed by atoms with E-state index >= 15 is 0 Å². The van der Waals surface area contributed by atoms with Crippen molar-refractivity contribution in [2.75, 3.05) is 6.54 Å². The Morgan fingerprint density at radius 2 is 1.64 bits per heavy atom. The number of hydrogen-bond donors (Lipinski definition) is 2. The van der Waals surface area contributed by atoms with Gasteiger partial charge in [-0.15, -0.1) is 0 Å². The van der Waals surface area contributed by atoms with Gasteiger partial charge >= 0.3 is 0 Å². The molecule has 0 bridgehead atoms. The van der Waals surface area contributed by atoms with Crippen molar-refractivity contribution in [3.8, 4) is 5.75 Å². The zero-order chi connectivity index (χ0) is 16.4. The minimum atomic E-state index is -0.343. The van der Waals surface area contributed by atoms with Gasteiger partial charge in [0.25, 0.3) is 5.91 Å². The molecule has 3 nitrogen and oxygen atoms in total. The number of unbranched alkanes of at least 4 members (excludes halogenated alkanes) is 7. The Bertz CT molecular complexity index is 478. The zero-order valence-corrected chi connectivity index (χ0v) is 14.6. The number of phenols is 1. The van der Waals surface area contributed by atoms with Gasteiger partial charge in [0, 0.05) is 11.6 Å². The predicted octanol–water partition coefficient (Wildman–Crippen LogP) is 5.57. The Kier molecular flexibility index (Phi) is 9.33. The molecule has 0 saturated heterocycles. The van der Waals surface area contributed by atoms with Crippen molar-refractivity contribution in [3.05, 3.63) is 27.7 Å². The van der Waals surface area contributed by atoms with Gasteiger partial charge in [0.05, 0.1) is 10.6 Å². The summed E-state index contributed by atoms with van der Waals surface area (Å²) in [5.74, 6) is -0.565. The Morgan fingerprint density at radius 3 is 2.27 bits per heavy atom. The van der Waals surface area contributed by atoms with Gasteiger partial charge in [0.1, 0.15) is 5.75 Å². The Balaban J connectivity index is 2.21. The lowest BCUT2D eigenvalue weighted by atomic mass is 10.1. The number of rotatable bonds is 10. The van der Waals surface area contributed by atoms with Crippen molar-refractivity contribution in [1.29, 1.82) is 0 Å². The van der Waals surface area contributed by atoms with Crippen LogP contribution in [0.15, 0.2) is 12.1 Å². The van der Waals surface area contributed by atoms with E-state index in [4.69, 9.17) is 23.2 Å². The summed E-state index contributed by atoms with van der Waals surface area (Å²) in [5, 5.41) is 13.0. The number of carbonyl (C=O) groups is 1. The van der Waals surface area contributed by atoms with Gasteiger partial charge in [0.2, 0.25) is 0 Å². The summed E-state index contributed by atoms with van der Waals surface area (Å²) < 4.78 is 0. The van der Waals surface area contributed by atoms with Gasteiger partial charge in [-0.05, 0) is 18.6 Å². The fourth-order valence-corrected chi connectivity index (χ4v) is 2.79. The lowest BCUT2D eigenvalue weighted by molar-refractivity contribution is 0.0950. The summed E-state index contributed by atoms with van der Waals surface area (Å²) in [5.41, 5.74) is 0.122. The molecule has 5 heteroatoms. The molecule has 0 unspecified atom stereocenters. The largest absolute Gasteiger partial charge is 0.506 e. The maximum absolute atomic E-state index is 12.0. The van der Waals surface area contributed by atoms with Crippen LogP contribution in [0, 0.1) is 0 Å². The highest BCUT2D eigenvalue weighted by atomic mass is 35.5. The molecule has 1 aromatic carbocycles. The first-order valence-electron chi connectivity index (χ1n) is 8.02. The molecule has 0 radical (unpaired) electrons. The third kappa shape index (κ3) is 6.89. The summed E-state index contributed by atoms with van der Waals surface area (Å²) in [7, 11) is 0. The van der Waals surface area contributed by atoms with Crippen LogP contribution in [0.1, 0.15) is 68.6 Å². The fraction of sp³-hybridized carbons (Fsp3) is 0.588. The third-order valence-corrected chi connectivity index (χ3v) is 4.10. The van der Waals surface area contributed by atoms with Gasteiger partial charge in [-0.3, -0.25) is 4.79 Å². The number of benzene rings is 1. The minimum Gasteiger partial charge on any atom is -0.506 e. The lowest BCUT2D eigenvalue weighted by Gasteiger charge is -2.08. The van der Waals surface area contributed by atoms with Crippen LogP contribution >= 0.6 is 23.2 Å². The molecule has 0 fully saturated rings. The molecule has 1 rings (SSSR count). The summed E-state index contributed by atoms with van der Waals surface area (Å²) in [6.07, 6.45) is 9.72. The number of phenolic OH excluding ortho intramolecular Hbond substituents is 1. The van der Waals surface area contributed by atoms with E-state index in [0.29, 0.717) is 11.6 Å². The first-order chi connectivity index (χ1) is 10.6. The number of amides is 1. The van der Waals surface area contributed by atoms with Gasteiger partial charge in [-0.25, -0.2) is 0 Å². The van der Waals surface area contributed by atoms with Gasteiger partial charge in [-0.1, -0.05) is 75.1 Å². The van der Waals surface area contributed by atoms with Crippen LogP contribution in [0.3, 0.4) is 0 Å². The van der Waals surface area contributed by atoms with E-state index in [-0.39, 0.29) is 22.2 Å². The van der Waals surface area contributed by atoms with Crippen molar-refractivity contribution in [2.24, 2.45) is 0 Å². The van der Waals surface area contributed by atoms with Gasteiger partial charge in [0.15, 0.2) is 0 Å². The highest BCUT2D eigenvalue weighted by molar-refractivity contribution is 6.36. The van der Waals surface area contributed by atoms with E-state index in [0.717, 1.165) is 12.8 Å². The first-order valence-corrected chi connectivity index (χ1v) is 8.78. The second kappa shape index (κ2) is 10.7. The standard InChI is InChI=1S/C17H25Cl2NO2/c1-2-3-4-5-6-7-8-9-10-20-17(22)14-11-13(18)12-15(19)16(14)21/h11-12,21H,2-10H2,1H3,(H,20,22). The predicted molar refractivity (Wildman–Crippen MR) is 93.1 cm³/mol. The highest BCUT2D eigenvalue weighted by Crippen LogP contribution is 2.30. The maximum Gasteiger partial charge on any atom is 0.255 e. The van der Waals surface area contributed by atoms with E-state index in [9.17, 15) is 9.90 Å². The number of aromatic hydroxyl groups is 1. The average molecular weight is 346 g/mol. The SMILES string of the molecule is CCCCCCCCCCNC(=O)c1cc(Cl)cc(Cl)c1O. The monoisotopic (exact) mass is 345 g/mol. The minimum absolute atomic E-state index is 0.0877. The molecule has 2 N–H and O–H groups in total. The molecule has 0 aliphatic heterocycles. The van der Waals surface area contributed by atoms with E-state index in [1.165, 1.54) is 50.7 Å². The van der Waals surface area contributed by atoms with Crippen LogP contribution in [0.5, 0.6) is 5.75 Å². The first kappa shape index (κ1) is 19.1. The van der Waals surface area contributed by atoms with Crippen molar-refractivity contribution < 1.29 is 9.90 Å². The van der Waals surface area contributed by atoms with Crippen LogP contribution in [-0.2, 0) is 0 Å².